The van der Waals surface area contributed by atoms with Gasteiger partial charge in [0.05, 0.1) is 12.3 Å². The zero-order valence-electron chi connectivity index (χ0n) is 10.9. The molecule has 0 aromatic heterocycles. The van der Waals surface area contributed by atoms with E-state index in [0.717, 1.165) is 6.42 Å². The summed E-state index contributed by atoms with van der Waals surface area (Å²) >= 11 is 0. The molecule has 0 saturated heterocycles. The Balaban J connectivity index is 2.47. The van der Waals surface area contributed by atoms with Crippen LogP contribution in [0.3, 0.4) is 0 Å². The van der Waals surface area contributed by atoms with Gasteiger partial charge in [0.25, 0.3) is 0 Å². The maximum atomic E-state index is 11.7. The number of nitrogens with one attached hydrogen (secondary N) is 1. The van der Waals surface area contributed by atoms with Crippen molar-refractivity contribution in [3.05, 3.63) is 29.8 Å². The van der Waals surface area contributed by atoms with Crippen molar-refractivity contribution >= 4 is 11.9 Å². The van der Waals surface area contributed by atoms with E-state index in [1.54, 1.807) is 18.2 Å². The standard InChI is InChI=1S/C14H19NO4/c1-2-5-11(14(18)19)9-15-13(17)8-10-6-3-4-7-12(10)16/h3-4,6-7,11,16H,2,5,8-9H2,1H3,(H,15,17)(H,18,19). The van der Waals surface area contributed by atoms with E-state index in [0.29, 0.717) is 12.0 Å². The van der Waals surface area contributed by atoms with Crippen LogP contribution in [-0.4, -0.2) is 28.6 Å². The fraction of sp³-hybridized carbons (Fsp3) is 0.429. The van der Waals surface area contributed by atoms with Crippen LogP contribution < -0.4 is 5.32 Å². The van der Waals surface area contributed by atoms with Crippen molar-refractivity contribution < 1.29 is 19.8 Å². The van der Waals surface area contributed by atoms with Crippen LogP contribution in [0.15, 0.2) is 24.3 Å². The van der Waals surface area contributed by atoms with Gasteiger partial charge in [0.2, 0.25) is 5.91 Å². The van der Waals surface area contributed by atoms with Gasteiger partial charge in [-0.15, -0.1) is 0 Å². The van der Waals surface area contributed by atoms with Crippen molar-refractivity contribution in [2.24, 2.45) is 5.92 Å². The van der Waals surface area contributed by atoms with Crippen LogP contribution in [0.25, 0.3) is 0 Å². The highest BCUT2D eigenvalue weighted by atomic mass is 16.4. The first kappa shape index (κ1) is 15.0. The topological polar surface area (TPSA) is 86.6 Å². The number of phenols is 1. The summed E-state index contributed by atoms with van der Waals surface area (Å²) in [6.45, 7) is 2.02. The van der Waals surface area contributed by atoms with Gasteiger partial charge in [0.1, 0.15) is 5.75 Å². The predicted octanol–water partition coefficient (Wildman–Crippen LogP) is 1.55. The Morgan fingerprint density at radius 1 is 1.32 bits per heavy atom. The second-order valence-corrected chi connectivity index (χ2v) is 4.43. The van der Waals surface area contributed by atoms with Gasteiger partial charge in [0.15, 0.2) is 0 Å². The Hall–Kier alpha value is -2.04. The predicted molar refractivity (Wildman–Crippen MR) is 70.9 cm³/mol. The Bertz CT molecular complexity index is 445. The first-order valence-corrected chi connectivity index (χ1v) is 6.31. The smallest absolute Gasteiger partial charge is 0.308 e. The molecule has 0 fully saturated rings. The second kappa shape index (κ2) is 7.41. The monoisotopic (exact) mass is 265 g/mol. The molecule has 0 radical (unpaired) electrons. The highest BCUT2D eigenvalue weighted by molar-refractivity contribution is 5.80. The number of rotatable bonds is 7. The summed E-state index contributed by atoms with van der Waals surface area (Å²) in [4.78, 5) is 22.6. The van der Waals surface area contributed by atoms with E-state index in [9.17, 15) is 14.7 Å². The number of aliphatic carboxylic acids is 1. The lowest BCUT2D eigenvalue weighted by molar-refractivity contribution is -0.141. The summed E-state index contributed by atoms with van der Waals surface area (Å²) in [6, 6.07) is 6.59. The summed E-state index contributed by atoms with van der Waals surface area (Å²) < 4.78 is 0. The van der Waals surface area contributed by atoms with Crippen molar-refractivity contribution in [2.75, 3.05) is 6.54 Å². The average Bonchev–Trinajstić information content (AvgIpc) is 2.37. The molecule has 1 aromatic rings. The van der Waals surface area contributed by atoms with E-state index < -0.39 is 11.9 Å². The number of phenolic OH excluding ortho intramolecular Hbond substituents is 1. The Labute approximate surface area is 112 Å². The molecule has 0 aliphatic rings. The number of aromatic hydroxyl groups is 1. The lowest BCUT2D eigenvalue weighted by Gasteiger charge is -2.12. The van der Waals surface area contributed by atoms with Crippen LogP contribution in [0.4, 0.5) is 0 Å². The molecule has 0 heterocycles. The van der Waals surface area contributed by atoms with E-state index in [-0.39, 0.29) is 24.6 Å². The van der Waals surface area contributed by atoms with Crippen molar-refractivity contribution in [1.29, 1.82) is 0 Å². The maximum Gasteiger partial charge on any atom is 0.308 e. The molecular formula is C14H19NO4. The number of carboxylic acids is 1. The molecule has 0 bridgehead atoms. The van der Waals surface area contributed by atoms with Crippen LogP contribution in [0.1, 0.15) is 25.3 Å². The average molecular weight is 265 g/mol. The minimum Gasteiger partial charge on any atom is -0.508 e. The van der Waals surface area contributed by atoms with Gasteiger partial charge >= 0.3 is 5.97 Å². The number of hydrogen-bond acceptors (Lipinski definition) is 3. The number of para-hydroxylation sites is 1. The SMILES string of the molecule is CCCC(CNC(=O)Cc1ccccc1O)C(=O)O. The van der Waals surface area contributed by atoms with Gasteiger partial charge in [-0.3, -0.25) is 9.59 Å². The third kappa shape index (κ3) is 4.99. The van der Waals surface area contributed by atoms with Crippen LogP contribution in [-0.2, 0) is 16.0 Å². The molecule has 0 saturated carbocycles. The summed E-state index contributed by atoms with van der Waals surface area (Å²) in [5, 5.41) is 21.1. The summed E-state index contributed by atoms with van der Waals surface area (Å²) in [5.41, 5.74) is 0.530. The fourth-order valence-corrected chi connectivity index (χ4v) is 1.79. The largest absolute Gasteiger partial charge is 0.508 e. The molecule has 1 aromatic carbocycles. The molecule has 1 unspecified atom stereocenters. The molecular weight excluding hydrogens is 246 g/mol. The molecule has 0 spiro atoms. The number of carboxylic acid groups (broad SMARTS) is 1. The normalized spacial score (nSPS) is 11.8. The molecule has 104 valence electrons. The Kier molecular flexibility index (Phi) is 5.85. The van der Waals surface area contributed by atoms with Crippen molar-refractivity contribution in [3.63, 3.8) is 0 Å². The van der Waals surface area contributed by atoms with E-state index in [1.165, 1.54) is 6.07 Å². The molecule has 1 amide bonds. The maximum absolute atomic E-state index is 11.7. The fourth-order valence-electron chi connectivity index (χ4n) is 1.79. The quantitative estimate of drug-likeness (QED) is 0.698. The molecule has 3 N–H and O–H groups in total. The number of carbonyl (C=O) groups is 2. The molecule has 5 heteroatoms. The lowest BCUT2D eigenvalue weighted by Crippen LogP contribution is -2.33. The van der Waals surface area contributed by atoms with Crippen LogP contribution >= 0.6 is 0 Å². The molecule has 0 aliphatic heterocycles. The van der Waals surface area contributed by atoms with E-state index >= 15 is 0 Å². The zero-order valence-corrected chi connectivity index (χ0v) is 10.9. The van der Waals surface area contributed by atoms with Crippen LogP contribution in [0.5, 0.6) is 5.75 Å². The molecule has 5 nitrogen and oxygen atoms in total. The van der Waals surface area contributed by atoms with Gasteiger partial charge in [-0.2, -0.15) is 0 Å². The van der Waals surface area contributed by atoms with E-state index in [4.69, 9.17) is 5.11 Å². The van der Waals surface area contributed by atoms with E-state index in [2.05, 4.69) is 5.32 Å². The van der Waals surface area contributed by atoms with Gasteiger partial charge < -0.3 is 15.5 Å². The number of carbonyl (C=O) groups excluding carboxylic acids is 1. The molecule has 0 aliphatic carbocycles. The summed E-state index contributed by atoms with van der Waals surface area (Å²) in [5.74, 6) is -1.67. The summed E-state index contributed by atoms with van der Waals surface area (Å²) in [6.07, 6.45) is 1.34. The van der Waals surface area contributed by atoms with Gasteiger partial charge in [-0.1, -0.05) is 31.5 Å². The van der Waals surface area contributed by atoms with Crippen LogP contribution in [0, 0.1) is 5.92 Å². The zero-order chi connectivity index (χ0) is 14.3. The third-order valence-corrected chi connectivity index (χ3v) is 2.87. The molecule has 19 heavy (non-hydrogen) atoms. The highest BCUT2D eigenvalue weighted by Crippen LogP contribution is 2.15. The Morgan fingerprint density at radius 3 is 2.58 bits per heavy atom. The van der Waals surface area contributed by atoms with Gasteiger partial charge in [-0.05, 0) is 12.5 Å². The van der Waals surface area contributed by atoms with Gasteiger partial charge in [-0.25, -0.2) is 0 Å². The Morgan fingerprint density at radius 2 is 2.00 bits per heavy atom. The summed E-state index contributed by atoms with van der Waals surface area (Å²) in [7, 11) is 0. The lowest BCUT2D eigenvalue weighted by atomic mass is 10.0. The van der Waals surface area contributed by atoms with Crippen molar-refractivity contribution in [1.82, 2.24) is 5.32 Å². The molecule has 1 rings (SSSR count). The highest BCUT2D eigenvalue weighted by Gasteiger charge is 2.17. The number of benzene rings is 1. The first-order valence-electron chi connectivity index (χ1n) is 6.31. The van der Waals surface area contributed by atoms with Crippen molar-refractivity contribution in [3.8, 4) is 5.75 Å². The first-order chi connectivity index (χ1) is 9.04. The second-order valence-electron chi connectivity index (χ2n) is 4.43. The van der Waals surface area contributed by atoms with Crippen LogP contribution in [0.2, 0.25) is 0 Å². The van der Waals surface area contributed by atoms with E-state index in [1.807, 2.05) is 6.92 Å². The number of hydrogen-bond donors (Lipinski definition) is 3. The van der Waals surface area contributed by atoms with Crippen molar-refractivity contribution in [2.45, 2.75) is 26.2 Å². The minimum atomic E-state index is -0.898. The minimum absolute atomic E-state index is 0.0468. The third-order valence-electron chi connectivity index (χ3n) is 2.87. The number of amides is 1. The van der Waals surface area contributed by atoms with Gasteiger partial charge in [0, 0.05) is 12.1 Å². The molecule has 1 atom stereocenters.